The van der Waals surface area contributed by atoms with Gasteiger partial charge in [-0.3, -0.25) is 0 Å². The van der Waals surface area contributed by atoms with E-state index in [0.717, 1.165) is 17.3 Å². The molecule has 0 heterocycles. The second-order valence-electron chi connectivity index (χ2n) is 3.09. The zero-order valence-corrected chi connectivity index (χ0v) is 17.1. The SMILES string of the molecule is CC(N)CCC[CH2][Sn+3].CC[S-].CC[S-].CC[S-]. The van der Waals surface area contributed by atoms with Crippen molar-refractivity contribution in [1.82, 2.24) is 0 Å². The van der Waals surface area contributed by atoms with Gasteiger partial charge in [0.1, 0.15) is 0 Å². The van der Waals surface area contributed by atoms with Crippen molar-refractivity contribution in [3.05, 3.63) is 0 Å². The van der Waals surface area contributed by atoms with Gasteiger partial charge in [-0.15, -0.1) is 0 Å². The Bertz CT molecular complexity index is 81.4. The van der Waals surface area contributed by atoms with Crippen molar-refractivity contribution in [2.24, 2.45) is 5.73 Å². The van der Waals surface area contributed by atoms with E-state index in [2.05, 4.69) is 44.8 Å². The minimum absolute atomic E-state index is 0.414. The summed E-state index contributed by atoms with van der Waals surface area (Å²) in [6, 6.07) is 0.414. The van der Waals surface area contributed by atoms with Crippen molar-refractivity contribution < 1.29 is 0 Å². The Labute approximate surface area is 140 Å². The van der Waals surface area contributed by atoms with Crippen LogP contribution in [0, 0.1) is 0 Å². The maximum absolute atomic E-state index is 5.54. The number of hydrogen-bond donors (Lipinski definition) is 1. The number of hydrogen-bond acceptors (Lipinski definition) is 4. The fourth-order valence-corrected chi connectivity index (χ4v) is 1.30. The van der Waals surface area contributed by atoms with Crippen LogP contribution in [0.2, 0.25) is 4.44 Å². The Morgan fingerprint density at radius 3 is 1.41 bits per heavy atom. The molecule has 1 atom stereocenters. The average Bonchev–Trinajstić information content (AvgIpc) is 2.21. The predicted octanol–water partition coefficient (Wildman–Crippen LogP) is 2.75. The van der Waals surface area contributed by atoms with Gasteiger partial charge in [0.25, 0.3) is 0 Å². The van der Waals surface area contributed by atoms with Gasteiger partial charge >= 0.3 is 64.9 Å². The molecule has 1 unspecified atom stereocenters. The molecule has 0 aromatic heterocycles. The van der Waals surface area contributed by atoms with Crippen molar-refractivity contribution in [1.29, 1.82) is 0 Å². The smallest absolute Gasteiger partial charge is 0.0874 e. The van der Waals surface area contributed by atoms with Crippen molar-refractivity contribution in [2.75, 3.05) is 17.3 Å². The number of unbranched alkanes of at least 4 members (excludes halogenated alkanes) is 1. The largest absolute Gasteiger partial charge is 0.793 e. The summed E-state index contributed by atoms with van der Waals surface area (Å²) in [5.74, 6) is 2.50. The molecule has 0 aromatic rings. The Hall–Kier alpha value is 1.81. The van der Waals surface area contributed by atoms with Gasteiger partial charge in [0.2, 0.25) is 0 Å². The van der Waals surface area contributed by atoms with E-state index in [1.807, 2.05) is 20.8 Å². The summed E-state index contributed by atoms with van der Waals surface area (Å²) < 4.78 is 1.39. The molecule has 0 amide bonds. The summed E-state index contributed by atoms with van der Waals surface area (Å²) in [5, 5.41) is 0. The topological polar surface area (TPSA) is 26.0 Å². The first-order chi connectivity index (χ1) is 8.01. The van der Waals surface area contributed by atoms with Gasteiger partial charge in [-0.2, -0.15) is 17.3 Å². The van der Waals surface area contributed by atoms with Crippen LogP contribution in [0.5, 0.6) is 0 Å². The van der Waals surface area contributed by atoms with Gasteiger partial charge in [0.15, 0.2) is 0 Å². The summed E-state index contributed by atoms with van der Waals surface area (Å²) in [5.41, 5.74) is 5.54. The molecule has 0 radical (unpaired) electrons. The normalized spacial score (nSPS) is 9.76. The molecule has 0 bridgehead atoms. The van der Waals surface area contributed by atoms with Crippen LogP contribution >= 0.6 is 0 Å². The fourth-order valence-electron chi connectivity index (χ4n) is 0.591. The van der Waals surface area contributed by atoms with E-state index in [1.165, 1.54) is 23.7 Å². The third-order valence-corrected chi connectivity index (χ3v) is 2.10. The van der Waals surface area contributed by atoms with E-state index < -0.39 is 0 Å². The summed E-state index contributed by atoms with van der Waals surface area (Å²) in [4.78, 5) is 0. The summed E-state index contributed by atoms with van der Waals surface area (Å²) in [7, 11) is 0. The third kappa shape index (κ3) is 96.0. The molecule has 0 aromatic carbocycles. The minimum atomic E-state index is 0.414. The average molecular weight is 402 g/mol. The van der Waals surface area contributed by atoms with E-state index in [9.17, 15) is 0 Å². The van der Waals surface area contributed by atoms with Crippen LogP contribution in [-0.2, 0) is 37.9 Å². The first-order valence-electron chi connectivity index (χ1n) is 6.16. The quantitative estimate of drug-likeness (QED) is 0.445. The summed E-state index contributed by atoms with van der Waals surface area (Å²) in [6.45, 7) is 7.89. The molecule has 1 nitrogen and oxygen atoms in total. The zero-order chi connectivity index (χ0) is 14.5. The Balaban J connectivity index is -0.0000000784. The molecule has 0 saturated heterocycles. The molecule has 17 heavy (non-hydrogen) atoms. The molecular weight excluding hydrogens is 373 g/mol. The molecule has 0 aliphatic rings. The van der Waals surface area contributed by atoms with E-state index in [1.54, 1.807) is 22.5 Å². The van der Waals surface area contributed by atoms with Crippen LogP contribution in [0.3, 0.4) is 0 Å². The van der Waals surface area contributed by atoms with Crippen molar-refractivity contribution in [3.8, 4) is 0 Å². The molecule has 0 rings (SSSR count). The summed E-state index contributed by atoms with van der Waals surface area (Å²) >= 11 is 14.8. The maximum Gasteiger partial charge on any atom is -0.0874 e. The van der Waals surface area contributed by atoms with Gasteiger partial charge in [-0.25, -0.2) is 0 Å². The van der Waals surface area contributed by atoms with E-state index in [0.29, 0.717) is 6.04 Å². The first-order valence-corrected chi connectivity index (χ1v) is 9.91. The monoisotopic (exact) mass is 403 g/mol. The van der Waals surface area contributed by atoms with Gasteiger partial charge < -0.3 is 37.9 Å². The van der Waals surface area contributed by atoms with E-state index in [-0.39, 0.29) is 0 Å². The minimum Gasteiger partial charge on any atom is -0.793 e. The Morgan fingerprint density at radius 2 is 1.24 bits per heavy atom. The van der Waals surface area contributed by atoms with Crippen LogP contribution in [0.25, 0.3) is 0 Å². The Morgan fingerprint density at radius 1 is 0.941 bits per heavy atom. The van der Waals surface area contributed by atoms with Crippen LogP contribution in [0.15, 0.2) is 0 Å². The van der Waals surface area contributed by atoms with Crippen LogP contribution in [0.1, 0.15) is 47.0 Å². The molecule has 0 spiro atoms. The van der Waals surface area contributed by atoms with Crippen molar-refractivity contribution in [3.63, 3.8) is 0 Å². The second-order valence-corrected chi connectivity index (χ2v) is 6.25. The number of nitrogens with two attached hydrogens (primary N) is 1. The molecule has 2 N–H and O–H groups in total. The van der Waals surface area contributed by atoms with Crippen molar-refractivity contribution >= 4 is 60.4 Å². The Kier molecular flexibility index (Phi) is 57.7. The molecule has 0 aliphatic heterocycles. The van der Waals surface area contributed by atoms with Gasteiger partial charge in [0, 0.05) is 0 Å². The molecule has 0 aliphatic carbocycles. The van der Waals surface area contributed by atoms with Crippen LogP contribution < -0.4 is 5.73 Å². The predicted molar refractivity (Wildman–Crippen MR) is 91.8 cm³/mol. The van der Waals surface area contributed by atoms with E-state index in [4.69, 9.17) is 5.73 Å². The molecule has 0 fully saturated rings. The van der Waals surface area contributed by atoms with Gasteiger partial charge in [-0.05, 0) is 0 Å². The van der Waals surface area contributed by atoms with Gasteiger partial charge in [0.05, 0.1) is 0 Å². The van der Waals surface area contributed by atoms with Crippen LogP contribution in [-0.4, -0.2) is 45.8 Å². The first kappa shape index (κ1) is 27.2. The molecule has 5 heteroatoms. The molecule has 104 valence electrons. The summed E-state index contributed by atoms with van der Waals surface area (Å²) in [6.07, 6.45) is 3.90. The van der Waals surface area contributed by atoms with Crippen molar-refractivity contribution in [2.45, 2.75) is 57.4 Å². The zero-order valence-electron chi connectivity index (χ0n) is 11.8. The molecule has 0 saturated carbocycles. The molecular formula is C12H29NS3Sn. The van der Waals surface area contributed by atoms with E-state index >= 15 is 0 Å². The van der Waals surface area contributed by atoms with Crippen LogP contribution in [0.4, 0.5) is 0 Å². The third-order valence-electron chi connectivity index (χ3n) is 1.09. The van der Waals surface area contributed by atoms with Gasteiger partial charge in [-0.1, -0.05) is 20.8 Å². The maximum atomic E-state index is 5.54. The standard InChI is InChI=1S/C6H14N.3C2H6S.Sn/c1-3-4-5-6(2)7;3*1-2-3;/h6H,1,3-5,7H2,2H3;3*3H,2H2,1H3;/q;;;;+3/p-3. The fraction of sp³-hybridized carbons (Fsp3) is 1.00. The number of rotatable bonds is 4. The second kappa shape index (κ2) is 36.1.